The van der Waals surface area contributed by atoms with Crippen LogP contribution in [0.1, 0.15) is 39.0 Å². The van der Waals surface area contributed by atoms with Crippen LogP contribution in [0.25, 0.3) is 0 Å². The third-order valence-electron chi connectivity index (χ3n) is 5.11. The van der Waals surface area contributed by atoms with Crippen molar-refractivity contribution in [2.45, 2.75) is 57.3 Å². The fourth-order valence-electron chi connectivity index (χ4n) is 3.44. The first-order valence-electron chi connectivity index (χ1n) is 9.29. The summed E-state index contributed by atoms with van der Waals surface area (Å²) >= 11 is 0. The summed E-state index contributed by atoms with van der Waals surface area (Å²) in [5, 5.41) is 3.29. The van der Waals surface area contributed by atoms with Crippen molar-refractivity contribution in [3.8, 4) is 0 Å². The molecule has 2 fully saturated rings. The zero-order valence-corrected chi connectivity index (χ0v) is 18.1. The molecule has 1 unspecified atom stereocenters. The minimum Gasteiger partial charge on any atom is -0.378 e. The lowest BCUT2D eigenvalue weighted by atomic mass is 10.2. The summed E-state index contributed by atoms with van der Waals surface area (Å²) < 4.78 is 44.2. The highest BCUT2D eigenvalue weighted by Gasteiger charge is 2.41. The lowest BCUT2D eigenvalue weighted by molar-refractivity contribution is -0.181. The quantitative estimate of drug-likeness (QED) is 0.268. The zero-order valence-electron chi connectivity index (χ0n) is 15.7. The lowest BCUT2D eigenvalue weighted by Crippen LogP contribution is -2.56. The standard InChI is InChI=1S/C17H31F3N4O.HI/c1-14(17(18,19)20)23-9-11-24(12-10-23)16(21-2)22-8-5-13-25-15-6-3-4-7-15;/h14-15H,3-13H2,1-2H3,(H,21,22);1H. The molecular weight excluding hydrogens is 460 g/mol. The van der Waals surface area contributed by atoms with Gasteiger partial charge in [0.15, 0.2) is 5.96 Å². The molecule has 1 saturated heterocycles. The monoisotopic (exact) mass is 492 g/mol. The summed E-state index contributed by atoms with van der Waals surface area (Å²) in [6, 6.07) is -1.39. The Bertz CT molecular complexity index is 423. The summed E-state index contributed by atoms with van der Waals surface area (Å²) in [6.07, 6.45) is 2.07. The Morgan fingerprint density at radius 1 is 1.19 bits per heavy atom. The van der Waals surface area contributed by atoms with Gasteiger partial charge in [-0.1, -0.05) is 12.8 Å². The first-order chi connectivity index (χ1) is 11.9. The molecule has 1 atom stereocenters. The fourth-order valence-corrected chi connectivity index (χ4v) is 3.44. The van der Waals surface area contributed by atoms with E-state index < -0.39 is 12.2 Å². The lowest BCUT2D eigenvalue weighted by Gasteiger charge is -2.39. The van der Waals surface area contributed by atoms with Gasteiger partial charge in [0.25, 0.3) is 0 Å². The van der Waals surface area contributed by atoms with Gasteiger partial charge in [0, 0.05) is 46.4 Å². The minimum absolute atomic E-state index is 0. The summed E-state index contributed by atoms with van der Waals surface area (Å²) in [4.78, 5) is 7.77. The van der Waals surface area contributed by atoms with E-state index in [1.807, 2.05) is 4.90 Å². The van der Waals surface area contributed by atoms with Crippen molar-refractivity contribution in [2.24, 2.45) is 4.99 Å². The number of halogens is 4. The average molecular weight is 492 g/mol. The maximum Gasteiger partial charge on any atom is 0.403 e. The molecule has 0 aromatic carbocycles. The molecular formula is C17H32F3IN4O. The number of hydrogen-bond acceptors (Lipinski definition) is 3. The van der Waals surface area contributed by atoms with Gasteiger partial charge in [0.05, 0.1) is 6.10 Å². The molecule has 0 aromatic heterocycles. The summed E-state index contributed by atoms with van der Waals surface area (Å²) in [6.45, 7) is 4.63. The van der Waals surface area contributed by atoms with Gasteiger partial charge < -0.3 is 15.0 Å². The Kier molecular flexibility index (Phi) is 10.5. The van der Waals surface area contributed by atoms with Gasteiger partial charge in [-0.3, -0.25) is 9.89 Å². The van der Waals surface area contributed by atoms with Crippen molar-refractivity contribution >= 4 is 29.9 Å². The van der Waals surface area contributed by atoms with E-state index in [9.17, 15) is 13.2 Å². The van der Waals surface area contributed by atoms with Crippen LogP contribution in [-0.4, -0.2) is 80.5 Å². The van der Waals surface area contributed by atoms with Crippen LogP contribution in [0.3, 0.4) is 0 Å². The van der Waals surface area contributed by atoms with Crippen LogP contribution in [0.4, 0.5) is 13.2 Å². The van der Waals surface area contributed by atoms with Crippen LogP contribution in [0.5, 0.6) is 0 Å². The SMILES string of the molecule is CN=C(NCCCOC1CCCC1)N1CCN(C(C)C(F)(F)F)CC1.I. The number of rotatable bonds is 6. The molecule has 154 valence electrons. The van der Waals surface area contributed by atoms with Crippen LogP contribution >= 0.6 is 24.0 Å². The van der Waals surface area contributed by atoms with Crippen LogP contribution in [0.15, 0.2) is 4.99 Å². The first-order valence-corrected chi connectivity index (χ1v) is 9.29. The van der Waals surface area contributed by atoms with Crippen molar-refractivity contribution in [3.05, 3.63) is 0 Å². The molecule has 1 N–H and O–H groups in total. The number of guanidine groups is 1. The molecule has 1 saturated carbocycles. The highest BCUT2D eigenvalue weighted by molar-refractivity contribution is 14.0. The maximum absolute atomic E-state index is 12.8. The Labute approximate surface area is 171 Å². The third-order valence-corrected chi connectivity index (χ3v) is 5.11. The van der Waals surface area contributed by atoms with E-state index in [1.54, 1.807) is 7.05 Å². The predicted octanol–water partition coefficient (Wildman–Crippen LogP) is 3.10. The molecule has 0 amide bonds. The molecule has 0 radical (unpaired) electrons. The van der Waals surface area contributed by atoms with Crippen molar-refractivity contribution in [1.82, 2.24) is 15.1 Å². The van der Waals surface area contributed by atoms with Crippen molar-refractivity contribution in [3.63, 3.8) is 0 Å². The Balaban J connectivity index is 0.00000338. The van der Waals surface area contributed by atoms with Crippen LogP contribution in [0.2, 0.25) is 0 Å². The molecule has 5 nitrogen and oxygen atoms in total. The van der Waals surface area contributed by atoms with Gasteiger partial charge >= 0.3 is 6.18 Å². The predicted molar refractivity (Wildman–Crippen MR) is 108 cm³/mol. The number of alkyl halides is 3. The molecule has 2 rings (SSSR count). The minimum atomic E-state index is -4.17. The smallest absolute Gasteiger partial charge is 0.378 e. The fraction of sp³-hybridized carbons (Fsp3) is 0.941. The number of nitrogens with one attached hydrogen (secondary N) is 1. The van der Waals surface area contributed by atoms with E-state index >= 15 is 0 Å². The number of piperazine rings is 1. The van der Waals surface area contributed by atoms with Crippen LogP contribution < -0.4 is 5.32 Å². The van der Waals surface area contributed by atoms with Crippen LogP contribution in [0, 0.1) is 0 Å². The molecule has 0 aromatic rings. The van der Waals surface area contributed by atoms with E-state index in [0.29, 0.717) is 32.3 Å². The first kappa shape index (κ1) is 23.7. The van der Waals surface area contributed by atoms with E-state index in [1.165, 1.54) is 37.5 Å². The average Bonchev–Trinajstić information content (AvgIpc) is 3.10. The summed E-state index contributed by atoms with van der Waals surface area (Å²) in [7, 11) is 1.71. The van der Waals surface area contributed by atoms with Gasteiger partial charge in [-0.15, -0.1) is 24.0 Å². The topological polar surface area (TPSA) is 40.1 Å². The Morgan fingerprint density at radius 3 is 2.35 bits per heavy atom. The summed E-state index contributed by atoms with van der Waals surface area (Å²) in [5.74, 6) is 0.764. The molecule has 1 heterocycles. The number of hydrogen-bond donors (Lipinski definition) is 1. The normalized spacial score (nSPS) is 21.6. The molecule has 1 aliphatic carbocycles. The van der Waals surface area contributed by atoms with E-state index in [4.69, 9.17) is 4.74 Å². The Morgan fingerprint density at radius 2 is 1.81 bits per heavy atom. The zero-order chi connectivity index (χ0) is 18.3. The molecule has 0 spiro atoms. The van der Waals surface area contributed by atoms with Crippen molar-refractivity contribution < 1.29 is 17.9 Å². The van der Waals surface area contributed by atoms with Crippen molar-refractivity contribution in [2.75, 3.05) is 46.4 Å². The van der Waals surface area contributed by atoms with E-state index in [2.05, 4.69) is 10.3 Å². The van der Waals surface area contributed by atoms with Gasteiger partial charge in [-0.25, -0.2) is 0 Å². The molecule has 2 aliphatic rings. The highest BCUT2D eigenvalue weighted by atomic mass is 127. The molecule has 1 aliphatic heterocycles. The van der Waals surface area contributed by atoms with E-state index in [0.717, 1.165) is 25.5 Å². The van der Waals surface area contributed by atoms with Gasteiger partial charge in [-0.05, 0) is 26.2 Å². The van der Waals surface area contributed by atoms with Gasteiger partial charge in [0.2, 0.25) is 0 Å². The van der Waals surface area contributed by atoms with Gasteiger partial charge in [0.1, 0.15) is 6.04 Å². The molecule has 26 heavy (non-hydrogen) atoms. The molecule has 0 bridgehead atoms. The third kappa shape index (κ3) is 7.38. The number of ether oxygens (including phenoxy) is 1. The van der Waals surface area contributed by atoms with Crippen molar-refractivity contribution in [1.29, 1.82) is 0 Å². The molecule has 9 heteroatoms. The Hall–Kier alpha value is -0.290. The van der Waals surface area contributed by atoms with Crippen LogP contribution in [-0.2, 0) is 4.74 Å². The maximum atomic E-state index is 12.8. The number of nitrogens with zero attached hydrogens (tertiary/aromatic N) is 3. The second kappa shape index (κ2) is 11.5. The van der Waals surface area contributed by atoms with E-state index in [-0.39, 0.29) is 24.0 Å². The second-order valence-corrected chi connectivity index (χ2v) is 6.85. The largest absolute Gasteiger partial charge is 0.403 e. The highest BCUT2D eigenvalue weighted by Crippen LogP contribution is 2.25. The second-order valence-electron chi connectivity index (χ2n) is 6.85. The summed E-state index contributed by atoms with van der Waals surface area (Å²) in [5.41, 5.74) is 0. The number of aliphatic imine (C=N–C) groups is 1. The van der Waals surface area contributed by atoms with Gasteiger partial charge in [-0.2, -0.15) is 13.2 Å².